The molecule has 0 bridgehead atoms. The van der Waals surface area contributed by atoms with Crippen molar-refractivity contribution in [2.45, 2.75) is 24.9 Å². The lowest BCUT2D eigenvalue weighted by Crippen LogP contribution is -2.26. The van der Waals surface area contributed by atoms with E-state index >= 15 is 0 Å². The largest absolute Gasteiger partial charge is 0.389 e. The molecular formula is C5H4ClF5O. The van der Waals surface area contributed by atoms with Crippen LogP contribution < -0.4 is 0 Å². The van der Waals surface area contributed by atoms with Gasteiger partial charge in [0.2, 0.25) is 0 Å². The van der Waals surface area contributed by atoms with Crippen LogP contribution >= 0.6 is 11.6 Å². The molecule has 0 heterocycles. The molecule has 12 heavy (non-hydrogen) atoms. The highest BCUT2D eigenvalue weighted by atomic mass is 35.5. The van der Waals surface area contributed by atoms with Crippen LogP contribution in [0.5, 0.6) is 0 Å². The maximum Gasteiger partial charge on any atom is 0.389 e. The Hall–Kier alpha value is -0.390. The van der Waals surface area contributed by atoms with Gasteiger partial charge in [-0.05, 0) is 11.6 Å². The molecule has 0 aliphatic rings. The fourth-order valence-corrected chi connectivity index (χ4v) is 0.491. The van der Waals surface area contributed by atoms with Crippen molar-refractivity contribution >= 4 is 16.8 Å². The van der Waals surface area contributed by atoms with Crippen molar-refractivity contribution in [3.05, 3.63) is 0 Å². The molecular weight excluding hydrogens is 206 g/mol. The van der Waals surface area contributed by atoms with Crippen LogP contribution in [0.3, 0.4) is 0 Å². The molecule has 7 heteroatoms. The van der Waals surface area contributed by atoms with E-state index in [9.17, 15) is 26.7 Å². The van der Waals surface area contributed by atoms with Crippen LogP contribution in [-0.2, 0) is 4.79 Å². The van der Waals surface area contributed by atoms with Gasteiger partial charge >= 0.3 is 12.1 Å². The van der Waals surface area contributed by atoms with Gasteiger partial charge in [-0.1, -0.05) is 0 Å². The van der Waals surface area contributed by atoms with Crippen LogP contribution in [0.2, 0.25) is 0 Å². The number of carbonyl (C=O) groups excluding carboxylic acids is 1. The van der Waals surface area contributed by atoms with Gasteiger partial charge in [0.1, 0.15) is 0 Å². The third-order valence-corrected chi connectivity index (χ3v) is 1.29. The van der Waals surface area contributed by atoms with Gasteiger partial charge in [-0.25, -0.2) is 0 Å². The summed E-state index contributed by atoms with van der Waals surface area (Å²) < 4.78 is 58.3. The molecule has 0 saturated heterocycles. The SMILES string of the molecule is O=C(Cl)C(F)(F)CCC(F)(F)F. The Morgan fingerprint density at radius 3 is 1.75 bits per heavy atom. The Morgan fingerprint density at radius 1 is 1.08 bits per heavy atom. The maximum absolute atomic E-state index is 12.1. The highest BCUT2D eigenvalue weighted by molar-refractivity contribution is 6.65. The molecule has 0 aliphatic heterocycles. The highest BCUT2D eigenvalue weighted by Gasteiger charge is 2.41. The van der Waals surface area contributed by atoms with E-state index in [0.717, 1.165) is 0 Å². The van der Waals surface area contributed by atoms with E-state index < -0.39 is 30.2 Å². The van der Waals surface area contributed by atoms with Gasteiger partial charge in [0.15, 0.2) is 0 Å². The number of halogens is 6. The van der Waals surface area contributed by atoms with Crippen LogP contribution in [0.4, 0.5) is 22.0 Å². The molecule has 0 rings (SSSR count). The summed E-state index contributed by atoms with van der Waals surface area (Å²) in [5.41, 5.74) is 0. The van der Waals surface area contributed by atoms with Gasteiger partial charge < -0.3 is 0 Å². The van der Waals surface area contributed by atoms with E-state index in [0.29, 0.717) is 0 Å². The lowest BCUT2D eigenvalue weighted by Gasteiger charge is -2.12. The van der Waals surface area contributed by atoms with Crippen molar-refractivity contribution in [3.8, 4) is 0 Å². The van der Waals surface area contributed by atoms with Crippen molar-refractivity contribution < 1.29 is 26.7 Å². The number of hydrogen-bond donors (Lipinski definition) is 0. The summed E-state index contributed by atoms with van der Waals surface area (Å²) in [6.07, 6.45) is -8.02. The minimum atomic E-state index is -4.70. The van der Waals surface area contributed by atoms with Gasteiger partial charge in [0, 0.05) is 12.8 Å². The third-order valence-electron chi connectivity index (χ3n) is 1.01. The van der Waals surface area contributed by atoms with Crippen LogP contribution in [0.25, 0.3) is 0 Å². The summed E-state index contributed by atoms with van der Waals surface area (Å²) >= 11 is 4.34. The summed E-state index contributed by atoms with van der Waals surface area (Å²) in [4.78, 5) is 9.83. The van der Waals surface area contributed by atoms with Crippen LogP contribution in [0, 0.1) is 0 Å². The second-order valence-electron chi connectivity index (χ2n) is 2.09. The number of alkyl halides is 5. The Morgan fingerprint density at radius 2 is 1.50 bits per heavy atom. The highest BCUT2D eigenvalue weighted by Crippen LogP contribution is 2.30. The molecule has 0 aliphatic carbocycles. The molecule has 0 fully saturated rings. The predicted molar refractivity (Wildman–Crippen MR) is 31.1 cm³/mol. The molecule has 72 valence electrons. The van der Waals surface area contributed by atoms with Gasteiger partial charge in [-0.3, -0.25) is 4.79 Å². The molecule has 0 aromatic carbocycles. The summed E-state index contributed by atoms with van der Waals surface area (Å²) in [7, 11) is 0. The number of carbonyl (C=O) groups is 1. The smallest absolute Gasteiger partial charge is 0.274 e. The predicted octanol–water partition coefficient (Wildman–Crippen LogP) is 2.73. The molecule has 1 nitrogen and oxygen atoms in total. The first-order valence-corrected chi connectivity index (χ1v) is 3.17. The molecule has 0 unspecified atom stereocenters. The van der Waals surface area contributed by atoms with Crippen molar-refractivity contribution in [3.63, 3.8) is 0 Å². The monoisotopic (exact) mass is 210 g/mol. The molecule has 0 N–H and O–H groups in total. The third kappa shape index (κ3) is 4.48. The van der Waals surface area contributed by atoms with Crippen molar-refractivity contribution in [2.24, 2.45) is 0 Å². The zero-order valence-corrected chi connectivity index (χ0v) is 6.35. The molecule has 0 saturated carbocycles. The maximum atomic E-state index is 12.1. The van der Waals surface area contributed by atoms with Crippen molar-refractivity contribution in [1.82, 2.24) is 0 Å². The van der Waals surface area contributed by atoms with E-state index in [1.54, 1.807) is 0 Å². The zero-order valence-electron chi connectivity index (χ0n) is 5.59. The average Bonchev–Trinajstić information content (AvgIpc) is 1.82. The van der Waals surface area contributed by atoms with E-state index in [2.05, 4.69) is 11.6 Å². The summed E-state index contributed by atoms with van der Waals surface area (Å²) in [6.45, 7) is 0. The summed E-state index contributed by atoms with van der Waals surface area (Å²) in [6, 6.07) is 0. The first kappa shape index (κ1) is 11.6. The van der Waals surface area contributed by atoms with E-state index in [1.807, 2.05) is 0 Å². The first-order chi connectivity index (χ1) is 5.15. The van der Waals surface area contributed by atoms with Crippen LogP contribution in [0.15, 0.2) is 0 Å². The van der Waals surface area contributed by atoms with Gasteiger partial charge in [0.25, 0.3) is 5.24 Å². The van der Waals surface area contributed by atoms with Gasteiger partial charge in [-0.15, -0.1) is 0 Å². The van der Waals surface area contributed by atoms with Crippen LogP contribution in [-0.4, -0.2) is 17.3 Å². The number of hydrogen-bond acceptors (Lipinski definition) is 1. The summed E-state index contributed by atoms with van der Waals surface area (Å²) in [5.74, 6) is -4.09. The van der Waals surface area contributed by atoms with Gasteiger partial charge in [-0.2, -0.15) is 22.0 Å². The molecule has 0 aromatic heterocycles. The first-order valence-electron chi connectivity index (χ1n) is 2.80. The molecule has 0 amide bonds. The minimum Gasteiger partial charge on any atom is -0.274 e. The normalized spacial score (nSPS) is 13.2. The minimum absolute atomic E-state index is 1.60. The molecule has 0 radical (unpaired) electrons. The molecule has 0 aromatic rings. The Bertz CT molecular complexity index is 175. The quantitative estimate of drug-likeness (QED) is 0.517. The second-order valence-corrected chi connectivity index (χ2v) is 2.44. The average molecular weight is 211 g/mol. The van der Waals surface area contributed by atoms with E-state index in [1.165, 1.54) is 0 Å². The standard InChI is InChI=1S/C5H4ClF5O/c6-3(12)4(7,8)1-2-5(9,10)11/h1-2H2. The Labute approximate surface area is 69.5 Å². The van der Waals surface area contributed by atoms with Gasteiger partial charge in [0.05, 0.1) is 0 Å². The molecule has 0 spiro atoms. The Balaban J connectivity index is 4.01. The fourth-order valence-electron chi connectivity index (χ4n) is 0.397. The van der Waals surface area contributed by atoms with Crippen LogP contribution in [0.1, 0.15) is 12.8 Å². The topological polar surface area (TPSA) is 17.1 Å². The fraction of sp³-hybridized carbons (Fsp3) is 0.800. The lowest BCUT2D eigenvalue weighted by atomic mass is 10.2. The second kappa shape index (κ2) is 3.55. The Kier molecular flexibility index (Phi) is 3.44. The molecule has 0 atom stereocenters. The van der Waals surface area contributed by atoms with E-state index in [4.69, 9.17) is 0 Å². The van der Waals surface area contributed by atoms with E-state index in [-0.39, 0.29) is 0 Å². The van der Waals surface area contributed by atoms with Crippen molar-refractivity contribution in [2.75, 3.05) is 0 Å². The van der Waals surface area contributed by atoms with Crippen molar-refractivity contribution in [1.29, 1.82) is 0 Å². The summed E-state index contributed by atoms with van der Waals surface area (Å²) in [5, 5.41) is -2.06. The number of rotatable bonds is 3. The zero-order chi connectivity index (χ0) is 9.99. The lowest BCUT2D eigenvalue weighted by molar-refractivity contribution is -0.157.